The van der Waals surface area contributed by atoms with E-state index in [0.29, 0.717) is 0 Å². The number of nitrogens with one attached hydrogen (secondary N) is 1. The van der Waals surface area contributed by atoms with Gasteiger partial charge < -0.3 is 15.2 Å². The summed E-state index contributed by atoms with van der Waals surface area (Å²) in [5.74, 6) is -1.84. The standard InChI is InChI=1S/C13H17NO6S/c1-20-13(17)11(9-15)14-12(16)7-8-21(18,19)10-5-3-2-4-6-10/h2-6,11,15H,7-9H2,1H3,(H,14,16). The molecule has 0 saturated heterocycles. The molecule has 8 heteroatoms. The number of amides is 1. The Bertz CT molecular complexity index is 584. The van der Waals surface area contributed by atoms with E-state index in [1.165, 1.54) is 12.1 Å². The Balaban J connectivity index is 2.59. The van der Waals surface area contributed by atoms with Crippen molar-refractivity contribution in [1.29, 1.82) is 0 Å². The number of ether oxygens (including phenoxy) is 1. The van der Waals surface area contributed by atoms with Crippen LogP contribution in [0.4, 0.5) is 0 Å². The van der Waals surface area contributed by atoms with Crippen LogP contribution in [0.2, 0.25) is 0 Å². The van der Waals surface area contributed by atoms with Crippen LogP contribution in [-0.4, -0.2) is 50.9 Å². The number of esters is 1. The van der Waals surface area contributed by atoms with Gasteiger partial charge in [0.15, 0.2) is 15.9 Å². The maximum Gasteiger partial charge on any atom is 0.330 e. The largest absolute Gasteiger partial charge is 0.467 e. The predicted molar refractivity (Wildman–Crippen MR) is 74.1 cm³/mol. The summed E-state index contributed by atoms with van der Waals surface area (Å²) in [7, 11) is -2.44. The number of benzene rings is 1. The number of carbonyl (C=O) groups is 2. The number of aliphatic hydroxyl groups excluding tert-OH is 1. The van der Waals surface area contributed by atoms with E-state index in [9.17, 15) is 18.0 Å². The summed E-state index contributed by atoms with van der Waals surface area (Å²) in [5.41, 5.74) is 0. The highest BCUT2D eigenvalue weighted by atomic mass is 32.2. The van der Waals surface area contributed by atoms with Gasteiger partial charge in [-0.05, 0) is 12.1 Å². The molecule has 0 aliphatic carbocycles. The first kappa shape index (κ1) is 17.1. The van der Waals surface area contributed by atoms with E-state index < -0.39 is 34.4 Å². The SMILES string of the molecule is COC(=O)C(CO)NC(=O)CCS(=O)(=O)c1ccccc1. The van der Waals surface area contributed by atoms with E-state index in [1.54, 1.807) is 18.2 Å². The van der Waals surface area contributed by atoms with Crippen molar-refractivity contribution in [3.63, 3.8) is 0 Å². The van der Waals surface area contributed by atoms with Gasteiger partial charge >= 0.3 is 5.97 Å². The maximum absolute atomic E-state index is 12.0. The van der Waals surface area contributed by atoms with E-state index in [1.807, 2.05) is 0 Å². The number of rotatable bonds is 7. The van der Waals surface area contributed by atoms with Crippen molar-refractivity contribution in [2.75, 3.05) is 19.5 Å². The molecule has 0 heterocycles. The minimum absolute atomic E-state index is 0.129. The first-order chi connectivity index (χ1) is 9.90. The Kier molecular flexibility index (Phi) is 6.32. The molecule has 2 N–H and O–H groups in total. The fraction of sp³-hybridized carbons (Fsp3) is 0.385. The van der Waals surface area contributed by atoms with E-state index in [2.05, 4.69) is 10.1 Å². The van der Waals surface area contributed by atoms with Crippen LogP contribution in [0.15, 0.2) is 35.2 Å². The van der Waals surface area contributed by atoms with Crippen molar-refractivity contribution in [1.82, 2.24) is 5.32 Å². The average molecular weight is 315 g/mol. The fourth-order valence-electron chi connectivity index (χ4n) is 1.56. The molecule has 21 heavy (non-hydrogen) atoms. The van der Waals surface area contributed by atoms with Gasteiger partial charge in [-0.1, -0.05) is 18.2 Å². The molecule has 0 aliphatic rings. The molecule has 1 rings (SSSR count). The van der Waals surface area contributed by atoms with Gasteiger partial charge in [0.2, 0.25) is 5.91 Å². The summed E-state index contributed by atoms with van der Waals surface area (Å²) in [4.78, 5) is 22.9. The molecule has 0 bridgehead atoms. The molecule has 0 aliphatic heterocycles. The summed E-state index contributed by atoms with van der Waals surface area (Å²) in [6.07, 6.45) is -0.315. The topological polar surface area (TPSA) is 110 Å². The van der Waals surface area contributed by atoms with Gasteiger partial charge in [0.1, 0.15) is 0 Å². The monoisotopic (exact) mass is 315 g/mol. The van der Waals surface area contributed by atoms with Crippen LogP contribution in [0.3, 0.4) is 0 Å². The van der Waals surface area contributed by atoms with Crippen molar-refractivity contribution < 1.29 is 27.9 Å². The molecule has 0 radical (unpaired) electrons. The lowest BCUT2D eigenvalue weighted by molar-refractivity contribution is -0.146. The molecule has 7 nitrogen and oxygen atoms in total. The second-order valence-corrected chi connectivity index (χ2v) is 6.32. The predicted octanol–water partition coefficient (Wildman–Crippen LogP) is -0.500. The summed E-state index contributed by atoms with van der Waals surface area (Å²) < 4.78 is 28.3. The Morgan fingerprint density at radius 1 is 1.29 bits per heavy atom. The third-order valence-corrected chi connectivity index (χ3v) is 4.44. The second-order valence-electron chi connectivity index (χ2n) is 4.21. The Hall–Kier alpha value is -1.93. The van der Waals surface area contributed by atoms with Crippen molar-refractivity contribution >= 4 is 21.7 Å². The van der Waals surface area contributed by atoms with Crippen LogP contribution >= 0.6 is 0 Å². The molecule has 0 saturated carbocycles. The molecule has 1 aromatic carbocycles. The van der Waals surface area contributed by atoms with Crippen LogP contribution in [0, 0.1) is 0 Å². The number of aliphatic hydroxyl groups is 1. The maximum atomic E-state index is 12.0. The van der Waals surface area contributed by atoms with Gasteiger partial charge in [0.25, 0.3) is 0 Å². The molecule has 1 unspecified atom stereocenters. The fourth-order valence-corrected chi connectivity index (χ4v) is 2.82. The van der Waals surface area contributed by atoms with Gasteiger partial charge in [0, 0.05) is 6.42 Å². The van der Waals surface area contributed by atoms with Gasteiger partial charge in [-0.2, -0.15) is 0 Å². The van der Waals surface area contributed by atoms with E-state index in [4.69, 9.17) is 5.11 Å². The molecule has 116 valence electrons. The number of methoxy groups -OCH3 is 1. The highest BCUT2D eigenvalue weighted by molar-refractivity contribution is 7.91. The van der Waals surface area contributed by atoms with Crippen LogP contribution < -0.4 is 5.32 Å². The van der Waals surface area contributed by atoms with Crippen LogP contribution in [-0.2, 0) is 24.2 Å². The van der Waals surface area contributed by atoms with Crippen molar-refractivity contribution in [2.24, 2.45) is 0 Å². The molecule has 1 amide bonds. The first-order valence-corrected chi connectivity index (χ1v) is 7.82. The van der Waals surface area contributed by atoms with Gasteiger partial charge in [0.05, 0.1) is 24.4 Å². The van der Waals surface area contributed by atoms with Crippen LogP contribution in [0.25, 0.3) is 0 Å². The van der Waals surface area contributed by atoms with Crippen molar-refractivity contribution in [3.05, 3.63) is 30.3 Å². The Morgan fingerprint density at radius 2 is 1.90 bits per heavy atom. The van der Waals surface area contributed by atoms with E-state index in [-0.39, 0.29) is 17.1 Å². The quantitative estimate of drug-likeness (QED) is 0.657. The molecule has 0 fully saturated rings. The number of sulfone groups is 1. The molecule has 0 aromatic heterocycles. The zero-order valence-electron chi connectivity index (χ0n) is 11.5. The first-order valence-electron chi connectivity index (χ1n) is 6.16. The average Bonchev–Trinajstić information content (AvgIpc) is 2.50. The minimum Gasteiger partial charge on any atom is -0.467 e. The Morgan fingerprint density at radius 3 is 2.43 bits per heavy atom. The molecule has 1 atom stereocenters. The van der Waals surface area contributed by atoms with E-state index >= 15 is 0 Å². The van der Waals surface area contributed by atoms with Crippen molar-refractivity contribution in [2.45, 2.75) is 17.4 Å². The lowest BCUT2D eigenvalue weighted by atomic mass is 10.3. The zero-order valence-corrected chi connectivity index (χ0v) is 12.3. The van der Waals surface area contributed by atoms with E-state index in [0.717, 1.165) is 7.11 Å². The lowest BCUT2D eigenvalue weighted by Gasteiger charge is -2.13. The number of hydrogen-bond acceptors (Lipinski definition) is 6. The summed E-state index contributed by atoms with van der Waals surface area (Å²) in [5, 5.41) is 11.2. The second kappa shape index (κ2) is 7.75. The third kappa shape index (κ3) is 5.16. The summed E-state index contributed by atoms with van der Waals surface area (Å²) >= 11 is 0. The molecular weight excluding hydrogens is 298 g/mol. The number of carbonyl (C=O) groups excluding carboxylic acids is 2. The molecule has 1 aromatic rings. The summed E-state index contributed by atoms with van der Waals surface area (Å²) in [6, 6.07) is 6.56. The third-order valence-electron chi connectivity index (χ3n) is 2.70. The summed E-state index contributed by atoms with van der Waals surface area (Å²) in [6.45, 7) is -0.621. The number of hydrogen-bond donors (Lipinski definition) is 2. The smallest absolute Gasteiger partial charge is 0.330 e. The Labute approximate surface area is 122 Å². The van der Waals surface area contributed by atoms with Crippen LogP contribution in [0.5, 0.6) is 0 Å². The highest BCUT2D eigenvalue weighted by Gasteiger charge is 2.22. The van der Waals surface area contributed by atoms with Gasteiger partial charge in [-0.3, -0.25) is 4.79 Å². The lowest BCUT2D eigenvalue weighted by Crippen LogP contribution is -2.44. The normalized spacial score (nSPS) is 12.5. The highest BCUT2D eigenvalue weighted by Crippen LogP contribution is 2.11. The molecule has 0 spiro atoms. The van der Waals surface area contributed by atoms with Crippen LogP contribution in [0.1, 0.15) is 6.42 Å². The van der Waals surface area contributed by atoms with Gasteiger partial charge in [-0.25, -0.2) is 13.2 Å². The zero-order chi connectivity index (χ0) is 15.9. The van der Waals surface area contributed by atoms with Crippen molar-refractivity contribution in [3.8, 4) is 0 Å². The van der Waals surface area contributed by atoms with Gasteiger partial charge in [-0.15, -0.1) is 0 Å². The minimum atomic E-state index is -3.56. The molecular formula is C13H17NO6S.